The van der Waals surface area contributed by atoms with Crippen molar-refractivity contribution < 1.29 is 4.79 Å². The Hall–Kier alpha value is -2.77. The molecular weight excluding hydrogens is 456 g/mol. The van der Waals surface area contributed by atoms with E-state index < -0.39 is 5.69 Å². The predicted molar refractivity (Wildman–Crippen MR) is 120 cm³/mol. The molecule has 0 aliphatic carbocycles. The number of pyridine rings is 2. The minimum Gasteiger partial charge on any atom is -0.332 e. The van der Waals surface area contributed by atoms with Crippen molar-refractivity contribution >= 4 is 47.2 Å². The van der Waals surface area contributed by atoms with Gasteiger partial charge in [0.2, 0.25) is 0 Å². The standard InChI is InChI=1S/C18H18N8O2S3/c1-9-4-5-11(8-19-9)29-12-6-7-13(30-17-22-16(28)23-24-17)20-14(12)15(27)21-18-26(3)10(2)25-31-18/h4-8,18H,1-3H3,(H,21,27)(H2,22,23,24,28). The Kier molecular flexibility index (Phi) is 6.34. The molecule has 0 radical (unpaired) electrons. The molecule has 0 saturated carbocycles. The molecule has 31 heavy (non-hydrogen) atoms. The molecular formula is C18H18N8O2S3. The third-order valence-corrected chi connectivity index (χ3v) is 7.10. The number of amidine groups is 1. The predicted octanol–water partition coefficient (Wildman–Crippen LogP) is 2.52. The molecule has 1 aliphatic heterocycles. The Morgan fingerprint density at radius 3 is 2.71 bits per heavy atom. The van der Waals surface area contributed by atoms with E-state index in [0.29, 0.717) is 15.1 Å². The van der Waals surface area contributed by atoms with Gasteiger partial charge in [-0.3, -0.25) is 14.8 Å². The number of hydrogen-bond acceptors (Lipinski definition) is 10. The lowest BCUT2D eigenvalue weighted by Crippen LogP contribution is -2.43. The summed E-state index contributed by atoms with van der Waals surface area (Å²) in [5, 5.41) is 10.0. The van der Waals surface area contributed by atoms with Gasteiger partial charge in [-0.05, 0) is 49.9 Å². The van der Waals surface area contributed by atoms with Gasteiger partial charge in [-0.1, -0.05) is 11.8 Å². The van der Waals surface area contributed by atoms with Crippen molar-refractivity contribution in [3.63, 3.8) is 0 Å². The van der Waals surface area contributed by atoms with Gasteiger partial charge >= 0.3 is 5.69 Å². The number of aromatic nitrogens is 5. The number of carbonyl (C=O) groups is 1. The summed E-state index contributed by atoms with van der Waals surface area (Å²) in [5.41, 5.74) is 0.465. The van der Waals surface area contributed by atoms with Crippen molar-refractivity contribution in [3.8, 4) is 0 Å². The lowest BCUT2D eigenvalue weighted by Gasteiger charge is -2.21. The summed E-state index contributed by atoms with van der Waals surface area (Å²) in [6.45, 7) is 3.80. The van der Waals surface area contributed by atoms with Crippen molar-refractivity contribution in [2.75, 3.05) is 7.05 Å². The Bertz CT molecular complexity index is 1190. The minimum atomic E-state index is -0.406. The SMILES string of the molecule is CC1=NSC(NC(=O)c2nc(Sc3n[nH]c(=O)[nH]3)ccc2Sc2ccc(C)nc2)N1C. The van der Waals surface area contributed by atoms with Crippen LogP contribution in [0.1, 0.15) is 23.1 Å². The van der Waals surface area contributed by atoms with Crippen molar-refractivity contribution in [2.45, 2.75) is 39.3 Å². The van der Waals surface area contributed by atoms with Crippen LogP contribution >= 0.6 is 35.5 Å². The zero-order valence-corrected chi connectivity index (χ0v) is 19.2. The molecule has 0 spiro atoms. The van der Waals surface area contributed by atoms with E-state index >= 15 is 0 Å². The third-order valence-electron chi connectivity index (χ3n) is 4.24. The monoisotopic (exact) mass is 474 g/mol. The van der Waals surface area contributed by atoms with Crippen LogP contribution in [-0.2, 0) is 0 Å². The molecule has 0 aromatic carbocycles. The second-order valence-corrected chi connectivity index (χ2v) is 9.46. The van der Waals surface area contributed by atoms with Crippen LogP contribution in [0.3, 0.4) is 0 Å². The van der Waals surface area contributed by atoms with Gasteiger partial charge < -0.3 is 10.2 Å². The zero-order valence-electron chi connectivity index (χ0n) is 16.7. The summed E-state index contributed by atoms with van der Waals surface area (Å²) in [6, 6.07) is 7.47. The molecule has 3 aromatic rings. The molecule has 160 valence electrons. The highest BCUT2D eigenvalue weighted by atomic mass is 32.2. The van der Waals surface area contributed by atoms with E-state index in [4.69, 9.17) is 0 Å². The van der Waals surface area contributed by atoms with Crippen molar-refractivity contribution in [2.24, 2.45) is 4.40 Å². The van der Waals surface area contributed by atoms with Gasteiger partial charge in [0.15, 0.2) is 10.7 Å². The number of nitrogens with zero attached hydrogens (tertiary/aromatic N) is 5. The quantitative estimate of drug-likeness (QED) is 0.461. The summed E-state index contributed by atoms with van der Waals surface area (Å²) in [7, 11) is 1.87. The van der Waals surface area contributed by atoms with E-state index in [1.165, 1.54) is 23.7 Å². The fourth-order valence-corrected chi connectivity index (χ4v) is 4.92. The van der Waals surface area contributed by atoms with Crippen molar-refractivity contribution in [1.82, 2.24) is 35.4 Å². The Morgan fingerprint density at radius 2 is 2.06 bits per heavy atom. The van der Waals surface area contributed by atoms with Gasteiger partial charge in [-0.15, -0.1) is 5.10 Å². The van der Waals surface area contributed by atoms with Crippen LogP contribution in [0, 0.1) is 6.92 Å². The molecule has 4 rings (SSSR count). The maximum absolute atomic E-state index is 13.1. The summed E-state index contributed by atoms with van der Waals surface area (Å²) < 4.78 is 4.28. The van der Waals surface area contributed by atoms with Gasteiger partial charge in [0.1, 0.15) is 16.6 Å². The van der Waals surface area contributed by atoms with Gasteiger partial charge in [-0.25, -0.2) is 14.9 Å². The third kappa shape index (κ3) is 5.11. The molecule has 1 aliphatic rings. The maximum atomic E-state index is 13.1. The molecule has 10 nitrogen and oxygen atoms in total. The van der Waals surface area contributed by atoms with Crippen LogP contribution < -0.4 is 11.0 Å². The maximum Gasteiger partial charge on any atom is 0.341 e. The number of carbonyl (C=O) groups excluding carboxylic acids is 1. The van der Waals surface area contributed by atoms with Gasteiger partial charge in [-0.2, -0.15) is 4.40 Å². The highest BCUT2D eigenvalue weighted by Gasteiger charge is 2.27. The number of amides is 1. The number of H-pyrrole nitrogens is 2. The largest absolute Gasteiger partial charge is 0.341 e. The summed E-state index contributed by atoms with van der Waals surface area (Å²) in [5.74, 6) is 0.505. The van der Waals surface area contributed by atoms with Crippen molar-refractivity contribution in [1.29, 1.82) is 0 Å². The fraction of sp³-hybridized carbons (Fsp3) is 0.222. The van der Waals surface area contributed by atoms with Crippen LogP contribution in [-0.4, -0.2) is 54.3 Å². The van der Waals surface area contributed by atoms with Gasteiger partial charge in [0.25, 0.3) is 5.91 Å². The average molecular weight is 475 g/mol. The highest BCUT2D eigenvalue weighted by Crippen LogP contribution is 2.32. The summed E-state index contributed by atoms with van der Waals surface area (Å²) >= 11 is 3.84. The first kappa shape index (κ1) is 21.5. The highest BCUT2D eigenvalue weighted by molar-refractivity contribution is 7.99. The number of nitrogens with one attached hydrogen (secondary N) is 3. The van der Waals surface area contributed by atoms with E-state index in [2.05, 4.69) is 34.9 Å². The molecule has 13 heteroatoms. The lowest BCUT2D eigenvalue weighted by molar-refractivity contribution is 0.0925. The molecule has 0 fully saturated rings. The molecule has 1 atom stereocenters. The second-order valence-electron chi connectivity index (χ2n) is 6.50. The van der Waals surface area contributed by atoms with E-state index in [1.54, 1.807) is 12.3 Å². The first-order valence-electron chi connectivity index (χ1n) is 9.07. The van der Waals surface area contributed by atoms with Crippen LogP contribution in [0.5, 0.6) is 0 Å². The van der Waals surface area contributed by atoms with Crippen LogP contribution in [0.4, 0.5) is 0 Å². The average Bonchev–Trinajstić information content (AvgIpc) is 3.30. The van der Waals surface area contributed by atoms with E-state index in [-0.39, 0.29) is 17.1 Å². The Balaban J connectivity index is 1.62. The minimum absolute atomic E-state index is 0.270. The number of aromatic amines is 2. The smallest absolute Gasteiger partial charge is 0.332 e. The number of aryl methyl sites for hydroxylation is 1. The molecule has 3 N–H and O–H groups in total. The summed E-state index contributed by atoms with van der Waals surface area (Å²) in [6.07, 6.45) is 1.76. The van der Waals surface area contributed by atoms with Gasteiger partial charge in [0, 0.05) is 40.7 Å². The van der Waals surface area contributed by atoms with Crippen molar-refractivity contribution in [3.05, 3.63) is 52.3 Å². The molecule has 4 heterocycles. The molecule has 0 bridgehead atoms. The summed E-state index contributed by atoms with van der Waals surface area (Å²) in [4.78, 5) is 39.3. The lowest BCUT2D eigenvalue weighted by atomic mass is 10.3. The number of hydrogen-bond donors (Lipinski definition) is 3. The molecule has 0 saturated heterocycles. The Morgan fingerprint density at radius 1 is 1.23 bits per heavy atom. The zero-order chi connectivity index (χ0) is 22.0. The molecule has 1 amide bonds. The van der Waals surface area contributed by atoms with Gasteiger partial charge in [0.05, 0.1) is 0 Å². The topological polar surface area (TPSA) is 132 Å². The van der Waals surface area contributed by atoms with E-state index in [9.17, 15) is 9.59 Å². The fourth-order valence-electron chi connectivity index (χ4n) is 2.51. The van der Waals surface area contributed by atoms with E-state index in [1.807, 2.05) is 44.0 Å². The van der Waals surface area contributed by atoms with Crippen LogP contribution in [0.25, 0.3) is 0 Å². The second kappa shape index (κ2) is 9.16. The molecule has 1 unspecified atom stereocenters. The number of rotatable bonds is 6. The first-order chi connectivity index (χ1) is 14.9. The van der Waals surface area contributed by atoms with Crippen LogP contribution in [0.15, 0.2) is 59.6 Å². The molecule has 3 aromatic heterocycles. The van der Waals surface area contributed by atoms with E-state index in [0.717, 1.165) is 28.2 Å². The normalized spacial score (nSPS) is 15.8. The Labute approximate surface area is 190 Å². The van der Waals surface area contributed by atoms with Crippen LogP contribution in [0.2, 0.25) is 0 Å². The first-order valence-corrected chi connectivity index (χ1v) is 11.5.